The number of nitrogens with zero attached hydrogens (tertiary/aromatic N) is 5. The first-order valence-corrected chi connectivity index (χ1v) is 10.3. The summed E-state index contributed by atoms with van der Waals surface area (Å²) in [6.45, 7) is 8.35. The van der Waals surface area contributed by atoms with Crippen molar-refractivity contribution < 1.29 is 14.2 Å². The first-order chi connectivity index (χ1) is 16.0. The average Bonchev–Trinajstić information content (AvgIpc) is 3.31. The topological polar surface area (TPSA) is 93.3 Å². The van der Waals surface area contributed by atoms with Crippen LogP contribution in [0, 0.1) is 12.4 Å². The van der Waals surface area contributed by atoms with Gasteiger partial charge in [0.1, 0.15) is 11.5 Å². The number of hydrogen-bond donors (Lipinski definition) is 2. The molecule has 4 rings (SSSR count). The third-order valence-electron chi connectivity index (χ3n) is 5.38. The molecule has 4 aromatic rings. The van der Waals surface area contributed by atoms with Crippen LogP contribution in [0.25, 0.3) is 32.9 Å². The van der Waals surface area contributed by atoms with E-state index in [0.717, 1.165) is 6.42 Å². The van der Waals surface area contributed by atoms with Gasteiger partial charge in [0.25, 0.3) is 0 Å². The summed E-state index contributed by atoms with van der Waals surface area (Å²) in [5.74, 6) is 0.277. The predicted molar refractivity (Wildman–Crippen MR) is 125 cm³/mol. The molecule has 0 aliphatic carbocycles. The number of benzene rings is 2. The number of halogens is 1. The summed E-state index contributed by atoms with van der Waals surface area (Å²) in [6.07, 6.45) is 4.23. The number of nitrogens with two attached hydrogens (primary N) is 1. The lowest BCUT2D eigenvalue weighted by Crippen LogP contribution is -2.24. The van der Waals surface area contributed by atoms with E-state index < -0.39 is 5.82 Å². The van der Waals surface area contributed by atoms with E-state index in [0.29, 0.717) is 52.8 Å². The fraction of sp³-hybridized carbons (Fsp3) is 0.208. The highest BCUT2D eigenvalue weighted by molar-refractivity contribution is 5.92. The van der Waals surface area contributed by atoms with E-state index in [1.807, 2.05) is 16.3 Å². The minimum absolute atomic E-state index is 0.0377. The molecule has 33 heavy (non-hydrogen) atoms. The molecule has 0 fully saturated rings. The standard InChI is InChI=1S/C24H23FN6O2/c1-27-18-7-5-16(13-17(18)25)22-21(15-6-8-20(33-3)19(32)14-15)23-28-10-12-31(23)24(29-22)30(2)11-4-9-26/h5-8,10,12-14,32H,4,9,11,26H2,2-3H3. The SMILES string of the molecule is [C-]#[N+]c1ccc(-c2nc(N(C)CCCN)n3ccnc3c2-c2ccc(OC)c(O)c2)cc1F. The van der Waals surface area contributed by atoms with Crippen molar-refractivity contribution in [2.45, 2.75) is 6.42 Å². The molecule has 0 saturated carbocycles. The maximum absolute atomic E-state index is 14.6. The molecule has 9 heteroatoms. The van der Waals surface area contributed by atoms with E-state index >= 15 is 0 Å². The number of anilines is 1. The summed E-state index contributed by atoms with van der Waals surface area (Å²) in [5.41, 5.74) is 8.43. The number of imidazole rings is 1. The molecule has 0 bridgehead atoms. The zero-order valence-corrected chi connectivity index (χ0v) is 18.3. The minimum atomic E-state index is -0.630. The van der Waals surface area contributed by atoms with Crippen molar-refractivity contribution in [1.29, 1.82) is 0 Å². The maximum atomic E-state index is 14.6. The van der Waals surface area contributed by atoms with Gasteiger partial charge >= 0.3 is 0 Å². The highest BCUT2D eigenvalue weighted by Gasteiger charge is 2.21. The Bertz CT molecular complexity index is 1360. The van der Waals surface area contributed by atoms with Crippen LogP contribution in [0.3, 0.4) is 0 Å². The minimum Gasteiger partial charge on any atom is -0.504 e. The van der Waals surface area contributed by atoms with Crippen molar-refractivity contribution in [1.82, 2.24) is 14.4 Å². The first-order valence-electron chi connectivity index (χ1n) is 10.3. The molecule has 8 nitrogen and oxygen atoms in total. The lowest BCUT2D eigenvalue weighted by molar-refractivity contribution is 0.373. The molecule has 0 amide bonds. The third-order valence-corrected chi connectivity index (χ3v) is 5.38. The fourth-order valence-electron chi connectivity index (χ4n) is 3.73. The summed E-state index contributed by atoms with van der Waals surface area (Å²) >= 11 is 0. The number of hydrogen-bond acceptors (Lipinski definition) is 6. The lowest BCUT2D eigenvalue weighted by Gasteiger charge is -2.22. The number of methoxy groups -OCH3 is 1. The molecule has 0 spiro atoms. The van der Waals surface area contributed by atoms with Crippen molar-refractivity contribution in [3.63, 3.8) is 0 Å². The number of aromatic nitrogens is 3. The Kier molecular flexibility index (Phi) is 6.11. The molecule has 0 aliphatic heterocycles. The van der Waals surface area contributed by atoms with Crippen LogP contribution in [-0.4, -0.2) is 46.7 Å². The van der Waals surface area contributed by atoms with Crippen LogP contribution >= 0.6 is 0 Å². The molecular formula is C24H23FN6O2. The van der Waals surface area contributed by atoms with E-state index in [4.69, 9.17) is 22.0 Å². The molecule has 0 radical (unpaired) electrons. The largest absolute Gasteiger partial charge is 0.504 e. The summed E-state index contributed by atoms with van der Waals surface area (Å²) < 4.78 is 21.6. The molecule has 0 unspecified atom stereocenters. The number of fused-ring (bicyclic) bond motifs is 1. The quantitative estimate of drug-likeness (QED) is 0.412. The van der Waals surface area contributed by atoms with Gasteiger partial charge in [-0.1, -0.05) is 18.2 Å². The van der Waals surface area contributed by atoms with Crippen LogP contribution in [0.1, 0.15) is 6.42 Å². The van der Waals surface area contributed by atoms with Gasteiger partial charge in [-0.3, -0.25) is 4.40 Å². The summed E-state index contributed by atoms with van der Waals surface area (Å²) in [5, 5.41) is 10.4. The molecule has 0 atom stereocenters. The van der Waals surface area contributed by atoms with Crippen LogP contribution < -0.4 is 15.4 Å². The second kappa shape index (κ2) is 9.14. The van der Waals surface area contributed by atoms with Crippen molar-refractivity contribution in [3.05, 3.63) is 66.0 Å². The number of rotatable bonds is 7. The van der Waals surface area contributed by atoms with Crippen molar-refractivity contribution >= 4 is 17.3 Å². The van der Waals surface area contributed by atoms with Gasteiger partial charge in [-0.2, -0.15) is 0 Å². The van der Waals surface area contributed by atoms with Crippen LogP contribution in [0.2, 0.25) is 0 Å². The zero-order valence-electron chi connectivity index (χ0n) is 18.3. The summed E-state index contributed by atoms with van der Waals surface area (Å²) in [4.78, 5) is 14.6. The Labute approximate surface area is 190 Å². The number of phenolic OH excluding ortho intramolecular Hbond substituents is 1. The highest BCUT2D eigenvalue weighted by atomic mass is 19.1. The zero-order chi connectivity index (χ0) is 23.5. The predicted octanol–water partition coefficient (Wildman–Crippen LogP) is 4.25. The molecule has 2 aromatic heterocycles. The van der Waals surface area contributed by atoms with Gasteiger partial charge in [-0.05, 0) is 36.7 Å². The van der Waals surface area contributed by atoms with E-state index in [9.17, 15) is 9.50 Å². The highest BCUT2D eigenvalue weighted by Crippen LogP contribution is 2.40. The molecule has 0 saturated heterocycles. The Morgan fingerprint density at radius 3 is 2.70 bits per heavy atom. The molecule has 2 aromatic carbocycles. The maximum Gasteiger partial charge on any atom is 0.222 e. The van der Waals surface area contributed by atoms with E-state index in [1.54, 1.807) is 36.7 Å². The van der Waals surface area contributed by atoms with E-state index in [2.05, 4.69) is 9.83 Å². The van der Waals surface area contributed by atoms with Gasteiger partial charge in [-0.25, -0.2) is 19.2 Å². The van der Waals surface area contributed by atoms with Crippen molar-refractivity contribution in [2.75, 3.05) is 32.1 Å². The average molecular weight is 446 g/mol. The van der Waals surface area contributed by atoms with Gasteiger partial charge in [0.15, 0.2) is 11.5 Å². The molecular weight excluding hydrogens is 423 g/mol. The van der Waals surface area contributed by atoms with Gasteiger partial charge in [0.05, 0.1) is 24.9 Å². The monoisotopic (exact) mass is 446 g/mol. The van der Waals surface area contributed by atoms with Crippen LogP contribution in [0.4, 0.5) is 16.0 Å². The van der Waals surface area contributed by atoms with Gasteiger partial charge in [-0.15, -0.1) is 0 Å². The third kappa shape index (κ3) is 4.04. The van der Waals surface area contributed by atoms with Crippen molar-refractivity contribution in [2.24, 2.45) is 5.73 Å². The summed E-state index contributed by atoms with van der Waals surface area (Å²) in [6, 6.07) is 9.39. The Hall–Kier alpha value is -4.16. The second-order valence-electron chi connectivity index (χ2n) is 7.48. The lowest BCUT2D eigenvalue weighted by atomic mass is 9.99. The smallest absolute Gasteiger partial charge is 0.222 e. The molecule has 2 heterocycles. The Morgan fingerprint density at radius 1 is 1.24 bits per heavy atom. The Morgan fingerprint density at radius 2 is 2.03 bits per heavy atom. The van der Waals surface area contributed by atoms with E-state index in [1.165, 1.54) is 19.2 Å². The van der Waals surface area contributed by atoms with Crippen LogP contribution in [0.15, 0.2) is 48.8 Å². The first kappa shape index (κ1) is 22.0. The van der Waals surface area contributed by atoms with Gasteiger partial charge in [0.2, 0.25) is 11.6 Å². The Balaban J connectivity index is 2.02. The normalized spacial score (nSPS) is 10.9. The van der Waals surface area contributed by atoms with E-state index in [-0.39, 0.29) is 11.4 Å². The molecule has 168 valence electrons. The fourth-order valence-corrected chi connectivity index (χ4v) is 3.73. The summed E-state index contributed by atoms with van der Waals surface area (Å²) in [7, 11) is 3.38. The number of phenols is 1. The van der Waals surface area contributed by atoms with Crippen LogP contribution in [-0.2, 0) is 0 Å². The van der Waals surface area contributed by atoms with Crippen LogP contribution in [0.5, 0.6) is 11.5 Å². The molecule has 3 N–H and O–H groups in total. The number of aromatic hydroxyl groups is 1. The number of ether oxygens (including phenoxy) is 1. The van der Waals surface area contributed by atoms with Gasteiger partial charge < -0.3 is 20.5 Å². The van der Waals surface area contributed by atoms with Crippen molar-refractivity contribution in [3.8, 4) is 33.9 Å². The second-order valence-corrected chi connectivity index (χ2v) is 7.48. The van der Waals surface area contributed by atoms with Gasteiger partial charge in [0, 0.05) is 31.5 Å². The molecule has 0 aliphatic rings.